The molecule has 0 aromatic heterocycles. The molecule has 6 heteroatoms. The molecule has 2 aliphatic rings. The summed E-state index contributed by atoms with van der Waals surface area (Å²) in [6.07, 6.45) is 6.08. The Kier molecular flexibility index (Phi) is 5.85. The van der Waals surface area contributed by atoms with Crippen LogP contribution >= 0.6 is 0 Å². The molecule has 21 heavy (non-hydrogen) atoms. The first-order valence-electron chi connectivity index (χ1n) is 7.91. The SMILES string of the molecule is CC1CCC(CCNC(=O)NC2COCC2C(=O)O)CC1. The fourth-order valence-corrected chi connectivity index (χ4v) is 3.17. The van der Waals surface area contributed by atoms with Gasteiger partial charge in [0.05, 0.1) is 19.3 Å². The van der Waals surface area contributed by atoms with E-state index in [0.717, 1.165) is 12.3 Å². The first-order valence-corrected chi connectivity index (χ1v) is 7.91. The highest BCUT2D eigenvalue weighted by Crippen LogP contribution is 2.29. The highest BCUT2D eigenvalue weighted by atomic mass is 16.5. The average Bonchev–Trinajstić information content (AvgIpc) is 2.89. The topological polar surface area (TPSA) is 87.7 Å². The van der Waals surface area contributed by atoms with E-state index in [0.29, 0.717) is 12.5 Å². The molecule has 1 aliphatic heterocycles. The largest absolute Gasteiger partial charge is 0.481 e. The van der Waals surface area contributed by atoms with Gasteiger partial charge in [-0.05, 0) is 18.3 Å². The Morgan fingerprint density at radius 2 is 1.90 bits per heavy atom. The van der Waals surface area contributed by atoms with E-state index in [-0.39, 0.29) is 19.2 Å². The van der Waals surface area contributed by atoms with E-state index in [1.54, 1.807) is 0 Å². The second-order valence-electron chi connectivity index (χ2n) is 6.40. The van der Waals surface area contributed by atoms with Gasteiger partial charge in [0, 0.05) is 6.54 Å². The van der Waals surface area contributed by atoms with E-state index < -0.39 is 17.9 Å². The smallest absolute Gasteiger partial charge is 0.315 e. The molecule has 3 N–H and O–H groups in total. The molecule has 2 fully saturated rings. The molecule has 0 aromatic carbocycles. The molecule has 2 unspecified atom stereocenters. The van der Waals surface area contributed by atoms with Crippen LogP contribution in [0.3, 0.4) is 0 Å². The van der Waals surface area contributed by atoms with Crippen LogP contribution in [0.5, 0.6) is 0 Å². The molecule has 0 aromatic rings. The average molecular weight is 298 g/mol. The molecule has 0 radical (unpaired) electrons. The van der Waals surface area contributed by atoms with Gasteiger partial charge in [0.25, 0.3) is 0 Å². The Morgan fingerprint density at radius 1 is 1.19 bits per heavy atom. The summed E-state index contributed by atoms with van der Waals surface area (Å²) >= 11 is 0. The number of nitrogens with one attached hydrogen (secondary N) is 2. The Bertz CT molecular complexity index is 367. The van der Waals surface area contributed by atoms with Gasteiger partial charge in [0.2, 0.25) is 0 Å². The summed E-state index contributed by atoms with van der Waals surface area (Å²) in [6, 6.07) is -0.723. The van der Waals surface area contributed by atoms with Crippen LogP contribution in [-0.2, 0) is 9.53 Å². The zero-order valence-electron chi connectivity index (χ0n) is 12.6. The van der Waals surface area contributed by atoms with Gasteiger partial charge < -0.3 is 20.5 Å². The molecule has 0 bridgehead atoms. The van der Waals surface area contributed by atoms with Gasteiger partial charge in [-0.3, -0.25) is 4.79 Å². The van der Waals surface area contributed by atoms with Gasteiger partial charge in [-0.25, -0.2) is 4.79 Å². The van der Waals surface area contributed by atoms with Crippen molar-refractivity contribution in [2.24, 2.45) is 17.8 Å². The third-order valence-corrected chi connectivity index (χ3v) is 4.69. The Morgan fingerprint density at radius 3 is 2.57 bits per heavy atom. The second-order valence-corrected chi connectivity index (χ2v) is 6.40. The number of ether oxygens (including phenoxy) is 1. The highest BCUT2D eigenvalue weighted by molar-refractivity contribution is 5.77. The zero-order chi connectivity index (χ0) is 15.2. The Hall–Kier alpha value is -1.30. The molecule has 2 atom stereocenters. The summed E-state index contributed by atoms with van der Waals surface area (Å²) in [5, 5.41) is 14.5. The van der Waals surface area contributed by atoms with Crippen molar-refractivity contribution in [1.29, 1.82) is 0 Å². The fourth-order valence-electron chi connectivity index (χ4n) is 3.17. The standard InChI is InChI=1S/C15H26N2O4/c1-10-2-4-11(5-3-10)6-7-16-15(20)17-13-9-21-8-12(13)14(18)19/h10-13H,2-9H2,1H3,(H,18,19)(H2,16,17,20). The number of hydrogen-bond acceptors (Lipinski definition) is 3. The van der Waals surface area contributed by atoms with Gasteiger partial charge in [0.1, 0.15) is 5.92 Å². The summed E-state index contributed by atoms with van der Waals surface area (Å²) < 4.78 is 5.12. The zero-order valence-corrected chi connectivity index (χ0v) is 12.6. The van der Waals surface area contributed by atoms with Crippen LogP contribution in [0.15, 0.2) is 0 Å². The maximum atomic E-state index is 11.8. The molecule has 6 nitrogen and oxygen atoms in total. The number of carboxylic acid groups (broad SMARTS) is 1. The number of amides is 2. The summed E-state index contributed by atoms with van der Waals surface area (Å²) in [6.45, 7) is 3.38. The van der Waals surface area contributed by atoms with Crippen molar-refractivity contribution in [2.75, 3.05) is 19.8 Å². The molecular formula is C15H26N2O4. The first-order chi connectivity index (χ1) is 10.1. The van der Waals surface area contributed by atoms with Crippen LogP contribution in [0.25, 0.3) is 0 Å². The lowest BCUT2D eigenvalue weighted by Crippen LogP contribution is -2.47. The number of carboxylic acids is 1. The first kappa shape index (κ1) is 16.1. The summed E-state index contributed by atoms with van der Waals surface area (Å²) in [4.78, 5) is 22.8. The van der Waals surface area contributed by atoms with E-state index in [9.17, 15) is 9.59 Å². The number of rotatable bonds is 5. The number of aliphatic carboxylic acids is 1. The van der Waals surface area contributed by atoms with Gasteiger partial charge in [-0.15, -0.1) is 0 Å². The third-order valence-electron chi connectivity index (χ3n) is 4.69. The monoisotopic (exact) mass is 298 g/mol. The minimum atomic E-state index is -0.922. The number of urea groups is 1. The van der Waals surface area contributed by atoms with Crippen molar-refractivity contribution >= 4 is 12.0 Å². The summed E-state index contributed by atoms with van der Waals surface area (Å²) in [5.41, 5.74) is 0. The van der Waals surface area contributed by atoms with E-state index in [2.05, 4.69) is 17.6 Å². The van der Waals surface area contributed by atoms with E-state index >= 15 is 0 Å². The lowest BCUT2D eigenvalue weighted by molar-refractivity contribution is -0.142. The number of carbonyl (C=O) groups is 2. The van der Waals surface area contributed by atoms with Crippen molar-refractivity contribution in [2.45, 2.75) is 45.1 Å². The molecule has 0 spiro atoms. The molecular weight excluding hydrogens is 272 g/mol. The van der Waals surface area contributed by atoms with Gasteiger partial charge in [0.15, 0.2) is 0 Å². The molecule has 1 saturated heterocycles. The molecule has 1 saturated carbocycles. The van der Waals surface area contributed by atoms with E-state index in [1.807, 2.05) is 0 Å². The molecule has 2 rings (SSSR count). The molecule has 120 valence electrons. The van der Waals surface area contributed by atoms with Gasteiger partial charge >= 0.3 is 12.0 Å². The van der Waals surface area contributed by atoms with Crippen molar-refractivity contribution in [1.82, 2.24) is 10.6 Å². The second kappa shape index (κ2) is 7.64. The van der Waals surface area contributed by atoms with Crippen molar-refractivity contribution in [3.63, 3.8) is 0 Å². The van der Waals surface area contributed by atoms with Crippen molar-refractivity contribution in [3.8, 4) is 0 Å². The maximum Gasteiger partial charge on any atom is 0.315 e. The van der Waals surface area contributed by atoms with Crippen LogP contribution in [0, 0.1) is 17.8 Å². The minimum absolute atomic E-state index is 0.167. The summed E-state index contributed by atoms with van der Waals surface area (Å²) in [5.74, 6) is -0.0133. The fraction of sp³-hybridized carbons (Fsp3) is 0.867. The van der Waals surface area contributed by atoms with Crippen LogP contribution in [0.1, 0.15) is 39.0 Å². The lowest BCUT2D eigenvalue weighted by Gasteiger charge is -2.26. The van der Waals surface area contributed by atoms with Crippen LogP contribution in [-0.4, -0.2) is 42.9 Å². The normalized spacial score (nSPS) is 32.6. The third kappa shape index (κ3) is 4.88. The summed E-state index contributed by atoms with van der Waals surface area (Å²) in [7, 11) is 0. The van der Waals surface area contributed by atoms with Crippen molar-refractivity contribution in [3.05, 3.63) is 0 Å². The quantitative estimate of drug-likeness (QED) is 0.719. The highest BCUT2D eigenvalue weighted by Gasteiger charge is 2.35. The van der Waals surface area contributed by atoms with Gasteiger partial charge in [-0.2, -0.15) is 0 Å². The van der Waals surface area contributed by atoms with Crippen molar-refractivity contribution < 1.29 is 19.4 Å². The Labute approximate surface area is 125 Å². The molecule has 1 heterocycles. The molecule has 1 aliphatic carbocycles. The molecule has 2 amide bonds. The van der Waals surface area contributed by atoms with E-state index in [4.69, 9.17) is 9.84 Å². The number of carbonyl (C=O) groups excluding carboxylic acids is 1. The predicted octanol–water partition coefficient (Wildman–Crippen LogP) is 1.60. The minimum Gasteiger partial charge on any atom is -0.481 e. The van der Waals surface area contributed by atoms with Crippen LogP contribution < -0.4 is 10.6 Å². The lowest BCUT2D eigenvalue weighted by atomic mass is 9.81. The Balaban J connectivity index is 1.62. The van der Waals surface area contributed by atoms with Gasteiger partial charge in [-0.1, -0.05) is 32.6 Å². The maximum absolute atomic E-state index is 11.8. The number of hydrogen-bond donors (Lipinski definition) is 3. The van der Waals surface area contributed by atoms with Crippen LogP contribution in [0.4, 0.5) is 4.79 Å². The van der Waals surface area contributed by atoms with Crippen LogP contribution in [0.2, 0.25) is 0 Å². The van der Waals surface area contributed by atoms with E-state index in [1.165, 1.54) is 25.7 Å². The predicted molar refractivity (Wildman–Crippen MR) is 78.0 cm³/mol.